The van der Waals surface area contributed by atoms with Crippen molar-refractivity contribution in [2.75, 3.05) is 6.61 Å². The van der Waals surface area contributed by atoms with E-state index >= 15 is 0 Å². The fourth-order valence-electron chi connectivity index (χ4n) is 2.54. The van der Waals surface area contributed by atoms with E-state index in [4.69, 9.17) is 4.74 Å². The van der Waals surface area contributed by atoms with Gasteiger partial charge in [-0.2, -0.15) is 0 Å². The van der Waals surface area contributed by atoms with Crippen LogP contribution in [0.1, 0.15) is 6.42 Å². The lowest BCUT2D eigenvalue weighted by molar-refractivity contribution is 0.298. The molecule has 1 heterocycles. The number of aryl methyl sites for hydroxylation is 1. The summed E-state index contributed by atoms with van der Waals surface area (Å²) >= 11 is 3.36. The van der Waals surface area contributed by atoms with Crippen LogP contribution < -0.4 is 4.74 Å². The number of nitroso groups, excluding NO2 is 1. The van der Waals surface area contributed by atoms with Gasteiger partial charge in [-0.3, -0.25) is 0 Å². The second-order valence-corrected chi connectivity index (χ2v) is 6.01. The molecule has 0 amide bonds. The number of hydrogen-bond donors (Lipinski definition) is 1. The molecule has 0 fully saturated rings. The van der Waals surface area contributed by atoms with Crippen molar-refractivity contribution < 1.29 is 9.84 Å². The molecule has 1 aromatic heterocycles. The summed E-state index contributed by atoms with van der Waals surface area (Å²) < 4.78 is 8.16. The standard InChI is InChI=1S/C17H15BrN2O3/c18-12-7-8-15-14(11-12)16(19-22)17(21)20(15)9-4-10-23-13-5-2-1-3-6-13/h1-3,5-8,11,21H,4,9-10H2. The second-order valence-electron chi connectivity index (χ2n) is 5.09. The predicted octanol–water partition coefficient (Wildman–Crippen LogP) is 4.98. The summed E-state index contributed by atoms with van der Waals surface area (Å²) in [5, 5.41) is 13.8. The van der Waals surface area contributed by atoms with Gasteiger partial charge in [0.15, 0.2) is 5.69 Å². The van der Waals surface area contributed by atoms with Crippen LogP contribution in [0.3, 0.4) is 0 Å². The number of hydrogen-bond acceptors (Lipinski definition) is 4. The van der Waals surface area contributed by atoms with Crippen molar-refractivity contribution in [1.82, 2.24) is 4.57 Å². The van der Waals surface area contributed by atoms with Crippen molar-refractivity contribution in [1.29, 1.82) is 0 Å². The van der Waals surface area contributed by atoms with E-state index < -0.39 is 0 Å². The van der Waals surface area contributed by atoms with Crippen molar-refractivity contribution in [2.45, 2.75) is 13.0 Å². The molecule has 3 rings (SSSR count). The number of nitrogens with zero attached hydrogens (tertiary/aromatic N) is 2. The Morgan fingerprint density at radius 3 is 2.70 bits per heavy atom. The molecule has 0 bridgehead atoms. The number of fused-ring (bicyclic) bond motifs is 1. The molecule has 0 aliphatic heterocycles. The Morgan fingerprint density at radius 2 is 1.96 bits per heavy atom. The molecular formula is C17H15BrN2O3. The summed E-state index contributed by atoms with van der Waals surface area (Å²) in [6, 6.07) is 15.1. The van der Waals surface area contributed by atoms with Crippen molar-refractivity contribution in [3.8, 4) is 11.6 Å². The van der Waals surface area contributed by atoms with Crippen LogP contribution in [0.2, 0.25) is 0 Å². The van der Waals surface area contributed by atoms with E-state index in [-0.39, 0.29) is 11.6 Å². The third-order valence-corrected chi connectivity index (χ3v) is 4.09. The van der Waals surface area contributed by atoms with E-state index in [2.05, 4.69) is 21.1 Å². The third-order valence-electron chi connectivity index (χ3n) is 3.60. The number of ether oxygens (including phenoxy) is 1. The molecule has 3 aromatic rings. The largest absolute Gasteiger partial charge is 0.494 e. The number of benzene rings is 2. The van der Waals surface area contributed by atoms with Crippen LogP contribution in [0, 0.1) is 4.91 Å². The fraction of sp³-hybridized carbons (Fsp3) is 0.176. The molecule has 0 aliphatic rings. The van der Waals surface area contributed by atoms with Gasteiger partial charge in [-0.1, -0.05) is 34.1 Å². The molecule has 0 radical (unpaired) electrons. The number of halogens is 1. The van der Waals surface area contributed by atoms with E-state index in [0.29, 0.717) is 25.0 Å². The Hall–Kier alpha value is -2.34. The highest BCUT2D eigenvalue weighted by Crippen LogP contribution is 2.39. The molecule has 6 heteroatoms. The van der Waals surface area contributed by atoms with Gasteiger partial charge in [-0.15, -0.1) is 4.91 Å². The topological polar surface area (TPSA) is 63.8 Å². The summed E-state index contributed by atoms with van der Waals surface area (Å²) in [4.78, 5) is 11.0. The molecule has 0 saturated heterocycles. The van der Waals surface area contributed by atoms with E-state index in [0.717, 1.165) is 15.7 Å². The van der Waals surface area contributed by atoms with E-state index in [9.17, 15) is 10.0 Å². The van der Waals surface area contributed by atoms with Crippen LogP contribution >= 0.6 is 15.9 Å². The summed E-state index contributed by atoms with van der Waals surface area (Å²) in [5.74, 6) is 0.709. The molecule has 118 valence electrons. The third kappa shape index (κ3) is 3.22. The zero-order valence-corrected chi connectivity index (χ0v) is 13.9. The maximum absolute atomic E-state index is 11.0. The van der Waals surface area contributed by atoms with Crippen LogP contribution in [0.25, 0.3) is 10.9 Å². The smallest absolute Gasteiger partial charge is 0.222 e. The zero-order valence-electron chi connectivity index (χ0n) is 12.3. The van der Waals surface area contributed by atoms with E-state index in [1.54, 1.807) is 10.6 Å². The Balaban J connectivity index is 1.75. The molecule has 23 heavy (non-hydrogen) atoms. The maximum atomic E-state index is 11.0. The fourth-order valence-corrected chi connectivity index (χ4v) is 2.90. The minimum absolute atomic E-state index is 0.0743. The van der Waals surface area contributed by atoms with Gasteiger partial charge in [0.25, 0.3) is 0 Å². The Kier molecular flexibility index (Phi) is 4.62. The minimum atomic E-state index is -0.104. The van der Waals surface area contributed by atoms with Crippen LogP contribution in [-0.2, 0) is 6.54 Å². The molecule has 5 nitrogen and oxygen atoms in total. The first-order valence-corrected chi connectivity index (χ1v) is 8.02. The molecule has 0 spiro atoms. The van der Waals surface area contributed by atoms with Gasteiger partial charge >= 0.3 is 0 Å². The van der Waals surface area contributed by atoms with Gasteiger partial charge in [-0.25, -0.2) is 0 Å². The average Bonchev–Trinajstić information content (AvgIpc) is 2.83. The van der Waals surface area contributed by atoms with Crippen LogP contribution in [-0.4, -0.2) is 16.3 Å². The number of aromatic hydroxyl groups is 1. The normalized spacial score (nSPS) is 10.8. The average molecular weight is 375 g/mol. The quantitative estimate of drug-likeness (QED) is 0.488. The molecule has 0 saturated carbocycles. The highest BCUT2D eigenvalue weighted by molar-refractivity contribution is 9.10. The second kappa shape index (κ2) is 6.83. The van der Waals surface area contributed by atoms with Gasteiger partial charge < -0.3 is 14.4 Å². The Labute approximate surface area is 141 Å². The summed E-state index contributed by atoms with van der Waals surface area (Å²) in [5.41, 5.74) is 0.852. The van der Waals surface area contributed by atoms with Crippen LogP contribution in [0.15, 0.2) is 58.2 Å². The van der Waals surface area contributed by atoms with Crippen LogP contribution in [0.4, 0.5) is 5.69 Å². The van der Waals surface area contributed by atoms with E-state index in [1.807, 2.05) is 42.5 Å². The number of rotatable bonds is 6. The number of aromatic nitrogens is 1. The SMILES string of the molecule is O=Nc1c(O)n(CCCOc2ccccc2)c2ccc(Br)cc12. The Morgan fingerprint density at radius 1 is 1.17 bits per heavy atom. The Bertz CT molecular complexity index is 831. The lowest BCUT2D eigenvalue weighted by Crippen LogP contribution is -2.04. The molecule has 0 atom stereocenters. The first-order chi connectivity index (χ1) is 11.2. The first-order valence-electron chi connectivity index (χ1n) is 7.22. The summed E-state index contributed by atoms with van der Waals surface area (Å²) in [6.07, 6.45) is 0.695. The van der Waals surface area contributed by atoms with Gasteiger partial charge in [-0.05, 0) is 41.9 Å². The van der Waals surface area contributed by atoms with Gasteiger partial charge in [0, 0.05) is 16.4 Å². The lowest BCUT2D eigenvalue weighted by atomic mass is 10.2. The molecule has 0 unspecified atom stereocenters. The summed E-state index contributed by atoms with van der Waals surface area (Å²) in [7, 11) is 0. The molecule has 1 N–H and O–H groups in total. The maximum Gasteiger partial charge on any atom is 0.222 e. The highest BCUT2D eigenvalue weighted by atomic mass is 79.9. The van der Waals surface area contributed by atoms with Crippen molar-refractivity contribution in [3.05, 3.63) is 57.9 Å². The lowest BCUT2D eigenvalue weighted by Gasteiger charge is -2.08. The summed E-state index contributed by atoms with van der Waals surface area (Å²) in [6.45, 7) is 1.05. The first kappa shape index (κ1) is 15.6. The molecule has 2 aromatic carbocycles. The van der Waals surface area contributed by atoms with Gasteiger partial charge in [0.1, 0.15) is 5.75 Å². The van der Waals surface area contributed by atoms with Crippen molar-refractivity contribution in [3.63, 3.8) is 0 Å². The highest BCUT2D eigenvalue weighted by Gasteiger charge is 2.17. The van der Waals surface area contributed by atoms with E-state index in [1.165, 1.54) is 0 Å². The predicted molar refractivity (Wildman–Crippen MR) is 93.3 cm³/mol. The van der Waals surface area contributed by atoms with Gasteiger partial charge in [0.2, 0.25) is 5.88 Å². The molecular weight excluding hydrogens is 360 g/mol. The van der Waals surface area contributed by atoms with Gasteiger partial charge in [0.05, 0.1) is 12.1 Å². The number of para-hydroxylation sites is 1. The van der Waals surface area contributed by atoms with Crippen molar-refractivity contribution >= 4 is 32.5 Å². The van der Waals surface area contributed by atoms with Crippen molar-refractivity contribution in [2.24, 2.45) is 5.18 Å². The minimum Gasteiger partial charge on any atom is -0.494 e. The van der Waals surface area contributed by atoms with Crippen LogP contribution in [0.5, 0.6) is 11.6 Å². The molecule has 0 aliphatic carbocycles. The monoisotopic (exact) mass is 374 g/mol. The zero-order chi connectivity index (χ0) is 16.2.